The summed E-state index contributed by atoms with van der Waals surface area (Å²) in [5.74, 6) is 1.74. The van der Waals surface area contributed by atoms with E-state index in [1.54, 1.807) is 31.3 Å². The number of amides is 1. The fraction of sp³-hybridized carbons (Fsp3) is 0.227. The van der Waals surface area contributed by atoms with Crippen LogP contribution in [0.1, 0.15) is 23.0 Å². The first-order valence-corrected chi connectivity index (χ1v) is 9.31. The van der Waals surface area contributed by atoms with Crippen molar-refractivity contribution >= 4 is 17.4 Å². The first kappa shape index (κ1) is 20.1. The summed E-state index contributed by atoms with van der Waals surface area (Å²) in [6, 6.07) is 18.6. The van der Waals surface area contributed by atoms with Gasteiger partial charge in [-0.3, -0.25) is 4.79 Å². The number of hydrogen-bond donors (Lipinski definition) is 1. The molecule has 0 aliphatic heterocycles. The molecule has 7 nitrogen and oxygen atoms in total. The van der Waals surface area contributed by atoms with Gasteiger partial charge in [0.25, 0.3) is 5.91 Å². The van der Waals surface area contributed by atoms with Crippen LogP contribution < -0.4 is 19.7 Å². The van der Waals surface area contributed by atoms with Gasteiger partial charge in [0.1, 0.15) is 5.82 Å². The number of nitrogens with one attached hydrogen (secondary N) is 1. The Morgan fingerprint density at radius 2 is 1.72 bits per heavy atom. The maximum Gasteiger partial charge on any atom is 0.278 e. The highest BCUT2D eigenvalue weighted by Crippen LogP contribution is 2.27. The van der Waals surface area contributed by atoms with Crippen molar-refractivity contribution in [3.63, 3.8) is 0 Å². The van der Waals surface area contributed by atoms with E-state index >= 15 is 0 Å². The Kier molecular flexibility index (Phi) is 6.63. The number of methoxy groups -OCH3 is 2. The number of hydrogen-bond acceptors (Lipinski definition) is 6. The van der Waals surface area contributed by atoms with E-state index in [-0.39, 0.29) is 5.91 Å². The molecule has 1 N–H and O–H groups in total. The largest absolute Gasteiger partial charge is 0.493 e. The summed E-state index contributed by atoms with van der Waals surface area (Å²) in [5, 5.41) is 11.4. The van der Waals surface area contributed by atoms with E-state index in [0.717, 1.165) is 11.3 Å². The van der Waals surface area contributed by atoms with Crippen LogP contribution in [0.3, 0.4) is 0 Å². The molecule has 150 valence electrons. The molecule has 1 amide bonds. The van der Waals surface area contributed by atoms with Crippen molar-refractivity contribution in [3.05, 3.63) is 71.9 Å². The molecule has 0 aliphatic rings. The van der Waals surface area contributed by atoms with E-state index in [1.165, 1.54) is 0 Å². The highest BCUT2D eigenvalue weighted by molar-refractivity contribution is 6.04. The molecule has 3 rings (SSSR count). The summed E-state index contributed by atoms with van der Waals surface area (Å²) in [6.07, 6.45) is 0. The minimum absolute atomic E-state index is 0.183. The lowest BCUT2D eigenvalue weighted by Crippen LogP contribution is -2.31. The lowest BCUT2D eigenvalue weighted by molar-refractivity contribution is 0.0982. The minimum atomic E-state index is -0.183. The molecule has 0 atom stereocenters. The van der Waals surface area contributed by atoms with Gasteiger partial charge in [0.05, 0.1) is 14.2 Å². The summed E-state index contributed by atoms with van der Waals surface area (Å²) in [5.41, 5.74) is 2.13. The first-order valence-electron chi connectivity index (χ1n) is 9.31. The zero-order valence-electron chi connectivity index (χ0n) is 16.8. The number of nitrogens with zero attached hydrogens (tertiary/aromatic N) is 3. The van der Waals surface area contributed by atoms with Crippen molar-refractivity contribution in [2.24, 2.45) is 0 Å². The van der Waals surface area contributed by atoms with Crippen LogP contribution in [0.15, 0.2) is 60.7 Å². The third-order valence-electron chi connectivity index (χ3n) is 4.43. The number of carbonyl (C=O) groups is 1. The van der Waals surface area contributed by atoms with E-state index in [9.17, 15) is 4.79 Å². The average molecular weight is 392 g/mol. The summed E-state index contributed by atoms with van der Waals surface area (Å²) in [4.78, 5) is 14.4. The number of benzene rings is 2. The van der Waals surface area contributed by atoms with Gasteiger partial charge in [0.15, 0.2) is 17.2 Å². The third-order valence-corrected chi connectivity index (χ3v) is 4.43. The number of anilines is 2. The molecular formula is C22H24N4O3. The Morgan fingerprint density at radius 1 is 0.966 bits per heavy atom. The smallest absolute Gasteiger partial charge is 0.278 e. The first-order chi connectivity index (χ1) is 14.2. The predicted octanol–water partition coefficient (Wildman–Crippen LogP) is 3.77. The van der Waals surface area contributed by atoms with E-state index in [1.807, 2.05) is 55.5 Å². The van der Waals surface area contributed by atoms with Crippen molar-refractivity contribution in [1.82, 2.24) is 10.2 Å². The molecule has 0 aliphatic carbocycles. The van der Waals surface area contributed by atoms with Crippen molar-refractivity contribution in [2.45, 2.75) is 13.5 Å². The molecule has 0 saturated carbocycles. The molecule has 7 heteroatoms. The number of ether oxygens (including phenoxy) is 2. The van der Waals surface area contributed by atoms with Crippen molar-refractivity contribution < 1.29 is 14.3 Å². The molecule has 0 fully saturated rings. The highest BCUT2D eigenvalue weighted by atomic mass is 16.5. The quantitative estimate of drug-likeness (QED) is 0.629. The van der Waals surface area contributed by atoms with Crippen molar-refractivity contribution in [3.8, 4) is 11.5 Å². The topological polar surface area (TPSA) is 76.6 Å². The monoisotopic (exact) mass is 392 g/mol. The summed E-state index contributed by atoms with van der Waals surface area (Å²) in [6.45, 7) is 3.01. The van der Waals surface area contributed by atoms with Gasteiger partial charge >= 0.3 is 0 Å². The van der Waals surface area contributed by atoms with E-state index in [0.29, 0.717) is 36.1 Å². The molecule has 0 saturated heterocycles. The van der Waals surface area contributed by atoms with E-state index in [4.69, 9.17) is 9.47 Å². The second kappa shape index (κ2) is 9.54. The van der Waals surface area contributed by atoms with E-state index < -0.39 is 0 Å². The molecule has 29 heavy (non-hydrogen) atoms. The number of aromatic nitrogens is 2. The lowest BCUT2D eigenvalue weighted by atomic mass is 10.2. The normalized spacial score (nSPS) is 10.3. The second-order valence-corrected chi connectivity index (χ2v) is 6.23. The Balaban J connectivity index is 1.66. The Labute approximate surface area is 170 Å². The van der Waals surface area contributed by atoms with Crippen molar-refractivity contribution in [2.75, 3.05) is 31.0 Å². The average Bonchev–Trinajstić information content (AvgIpc) is 2.79. The van der Waals surface area contributed by atoms with Crippen LogP contribution in [-0.2, 0) is 6.54 Å². The van der Waals surface area contributed by atoms with Gasteiger partial charge in [-0.1, -0.05) is 24.3 Å². The maximum absolute atomic E-state index is 12.8. The SMILES string of the molecule is CCN(C(=O)c1ccc(NCc2ccc(OC)c(OC)c2)nn1)c1ccccc1. The maximum atomic E-state index is 12.8. The number of rotatable bonds is 8. The molecule has 1 heterocycles. The second-order valence-electron chi connectivity index (χ2n) is 6.23. The van der Waals surface area contributed by atoms with Crippen molar-refractivity contribution in [1.29, 1.82) is 0 Å². The zero-order chi connectivity index (χ0) is 20.6. The lowest BCUT2D eigenvalue weighted by Gasteiger charge is -2.20. The molecule has 3 aromatic rings. The fourth-order valence-electron chi connectivity index (χ4n) is 2.91. The van der Waals surface area contributed by atoms with Crippen LogP contribution in [-0.4, -0.2) is 36.9 Å². The Morgan fingerprint density at radius 3 is 2.34 bits per heavy atom. The predicted molar refractivity (Wildman–Crippen MR) is 113 cm³/mol. The van der Waals surface area contributed by atoms with Gasteiger partial charge in [-0.05, 0) is 48.9 Å². The minimum Gasteiger partial charge on any atom is -0.493 e. The van der Waals surface area contributed by atoms with Gasteiger partial charge in [-0.25, -0.2) is 0 Å². The molecular weight excluding hydrogens is 368 g/mol. The fourth-order valence-corrected chi connectivity index (χ4v) is 2.91. The third kappa shape index (κ3) is 4.82. The van der Waals surface area contributed by atoms with Gasteiger partial charge in [0, 0.05) is 18.8 Å². The Bertz CT molecular complexity index is 946. The molecule has 0 bridgehead atoms. The standard InChI is InChI=1S/C22H24N4O3/c1-4-26(17-8-6-5-7-9-17)22(27)18-11-13-21(25-24-18)23-15-16-10-12-19(28-2)20(14-16)29-3/h5-14H,4,15H2,1-3H3,(H,23,25). The summed E-state index contributed by atoms with van der Waals surface area (Å²) >= 11 is 0. The van der Waals surface area contributed by atoms with Gasteiger partial charge in [-0.2, -0.15) is 0 Å². The van der Waals surface area contributed by atoms with Crippen LogP contribution in [0.25, 0.3) is 0 Å². The molecule has 1 aromatic heterocycles. The zero-order valence-corrected chi connectivity index (χ0v) is 16.8. The number of para-hydroxylation sites is 1. The summed E-state index contributed by atoms with van der Waals surface area (Å²) < 4.78 is 10.6. The molecule has 0 spiro atoms. The Hall–Kier alpha value is -3.61. The summed E-state index contributed by atoms with van der Waals surface area (Å²) in [7, 11) is 3.21. The van der Waals surface area contributed by atoms with Gasteiger partial charge < -0.3 is 19.7 Å². The number of carbonyl (C=O) groups excluding carboxylic acids is 1. The van der Waals surface area contributed by atoms with Crippen LogP contribution >= 0.6 is 0 Å². The van der Waals surface area contributed by atoms with Gasteiger partial charge in [-0.15, -0.1) is 10.2 Å². The van der Waals surface area contributed by atoms with Crippen LogP contribution in [0.4, 0.5) is 11.5 Å². The van der Waals surface area contributed by atoms with Crippen LogP contribution in [0.5, 0.6) is 11.5 Å². The van der Waals surface area contributed by atoms with E-state index in [2.05, 4.69) is 15.5 Å². The molecule has 0 unspecified atom stereocenters. The molecule has 0 radical (unpaired) electrons. The van der Waals surface area contributed by atoms with Crippen LogP contribution in [0, 0.1) is 0 Å². The highest BCUT2D eigenvalue weighted by Gasteiger charge is 2.17. The van der Waals surface area contributed by atoms with Gasteiger partial charge in [0.2, 0.25) is 0 Å². The molecule has 2 aromatic carbocycles. The van der Waals surface area contributed by atoms with Crippen LogP contribution in [0.2, 0.25) is 0 Å².